The number of aromatic carboxylic acids is 1. The van der Waals surface area contributed by atoms with Gasteiger partial charge in [-0.25, -0.2) is 9.78 Å². The molecule has 0 radical (unpaired) electrons. The molecule has 0 spiro atoms. The Labute approximate surface area is 109 Å². The summed E-state index contributed by atoms with van der Waals surface area (Å²) < 4.78 is 0. The summed E-state index contributed by atoms with van der Waals surface area (Å²) in [7, 11) is 1.72. The molecule has 0 saturated carbocycles. The van der Waals surface area contributed by atoms with Crippen LogP contribution < -0.4 is 5.32 Å². The summed E-state index contributed by atoms with van der Waals surface area (Å²) in [6, 6.07) is 1.21. The predicted molar refractivity (Wildman–Crippen MR) is 65.7 cm³/mol. The molecule has 6 nitrogen and oxygen atoms in total. The van der Waals surface area contributed by atoms with Crippen LogP contribution >= 0.6 is 11.6 Å². The minimum atomic E-state index is -1.27. The molecule has 0 fully saturated rings. The van der Waals surface area contributed by atoms with E-state index in [0.29, 0.717) is 13.0 Å². The predicted octanol–water partition coefficient (Wildman–Crippen LogP) is 0.437. The molecule has 4 N–H and O–H groups in total. The van der Waals surface area contributed by atoms with E-state index in [0.717, 1.165) is 6.20 Å². The van der Waals surface area contributed by atoms with Crippen molar-refractivity contribution >= 4 is 17.6 Å². The molecule has 2 atom stereocenters. The van der Waals surface area contributed by atoms with Crippen LogP contribution in [-0.4, -0.2) is 46.0 Å². The number of halogens is 1. The lowest BCUT2D eigenvalue weighted by atomic mass is 10.0. The number of nitrogens with zero attached hydrogens (tertiary/aromatic N) is 1. The fourth-order valence-corrected chi connectivity index (χ4v) is 1.66. The summed E-state index contributed by atoms with van der Waals surface area (Å²) in [6.07, 6.45) is -0.898. The number of pyridine rings is 1. The van der Waals surface area contributed by atoms with Gasteiger partial charge in [0.2, 0.25) is 0 Å². The van der Waals surface area contributed by atoms with E-state index in [1.165, 1.54) is 6.07 Å². The van der Waals surface area contributed by atoms with Gasteiger partial charge in [-0.05, 0) is 26.1 Å². The van der Waals surface area contributed by atoms with E-state index in [9.17, 15) is 15.0 Å². The maximum Gasteiger partial charge on any atom is 0.337 e. The molecule has 0 aliphatic carbocycles. The van der Waals surface area contributed by atoms with Gasteiger partial charge in [-0.15, -0.1) is 0 Å². The normalized spacial score (nSPS) is 14.2. The Bertz CT molecular complexity index is 428. The van der Waals surface area contributed by atoms with Crippen LogP contribution in [0.4, 0.5) is 0 Å². The Hall–Kier alpha value is -1.21. The molecule has 1 heterocycles. The van der Waals surface area contributed by atoms with E-state index in [4.69, 9.17) is 16.7 Å². The summed E-state index contributed by atoms with van der Waals surface area (Å²) in [6.45, 7) is 0.516. The minimum absolute atomic E-state index is 0.0176. The molecule has 1 aromatic heterocycles. The van der Waals surface area contributed by atoms with Crippen LogP contribution in [0.3, 0.4) is 0 Å². The van der Waals surface area contributed by atoms with Gasteiger partial charge in [0.05, 0.1) is 11.7 Å². The lowest BCUT2D eigenvalue weighted by Gasteiger charge is -2.18. The molecule has 0 aliphatic heterocycles. The fraction of sp³-hybridized carbons (Fsp3) is 0.455. The highest BCUT2D eigenvalue weighted by atomic mass is 35.5. The number of carboxylic acids is 1. The minimum Gasteiger partial charge on any atom is -0.478 e. The van der Waals surface area contributed by atoms with Crippen LogP contribution in [0.15, 0.2) is 12.3 Å². The summed E-state index contributed by atoms with van der Waals surface area (Å²) in [4.78, 5) is 14.5. The summed E-state index contributed by atoms with van der Waals surface area (Å²) in [5.41, 5.74) is 0.0226. The first-order valence-corrected chi connectivity index (χ1v) is 5.74. The van der Waals surface area contributed by atoms with Crippen molar-refractivity contribution in [3.8, 4) is 0 Å². The molecule has 7 heteroatoms. The van der Waals surface area contributed by atoms with Crippen LogP contribution in [0, 0.1) is 0 Å². The van der Waals surface area contributed by atoms with E-state index in [2.05, 4.69) is 10.3 Å². The zero-order valence-electron chi connectivity index (χ0n) is 9.80. The molecule has 100 valence electrons. The molecule has 0 saturated heterocycles. The van der Waals surface area contributed by atoms with Crippen LogP contribution in [0.5, 0.6) is 0 Å². The quantitative estimate of drug-likeness (QED) is 0.561. The zero-order valence-corrected chi connectivity index (χ0v) is 10.6. The molecule has 1 aromatic rings. The lowest BCUT2D eigenvalue weighted by molar-refractivity contribution is 0.0138. The van der Waals surface area contributed by atoms with E-state index < -0.39 is 18.2 Å². The Kier molecular flexibility index (Phi) is 5.49. The zero-order chi connectivity index (χ0) is 13.7. The van der Waals surface area contributed by atoms with Crippen LogP contribution in [-0.2, 0) is 0 Å². The Balaban J connectivity index is 2.93. The molecular formula is C11H15ClN2O4. The van der Waals surface area contributed by atoms with Crippen molar-refractivity contribution in [3.63, 3.8) is 0 Å². The molecular weight excluding hydrogens is 260 g/mol. The number of rotatable bonds is 6. The van der Waals surface area contributed by atoms with E-state index in [1.807, 2.05) is 0 Å². The Morgan fingerprint density at radius 1 is 1.56 bits per heavy atom. The van der Waals surface area contributed by atoms with Crippen molar-refractivity contribution in [3.05, 3.63) is 28.5 Å². The first-order valence-electron chi connectivity index (χ1n) is 5.36. The van der Waals surface area contributed by atoms with Gasteiger partial charge in [0.25, 0.3) is 0 Å². The van der Waals surface area contributed by atoms with Crippen molar-refractivity contribution in [1.29, 1.82) is 0 Å². The number of carboxylic acid groups (broad SMARTS) is 1. The SMILES string of the molecule is CNCCC(O)C(O)c1cc(C(=O)O)cnc1Cl. The smallest absolute Gasteiger partial charge is 0.337 e. The Morgan fingerprint density at radius 2 is 2.22 bits per heavy atom. The van der Waals surface area contributed by atoms with Gasteiger partial charge < -0.3 is 20.6 Å². The van der Waals surface area contributed by atoms with Crippen molar-refractivity contribution in [2.75, 3.05) is 13.6 Å². The van der Waals surface area contributed by atoms with E-state index in [1.54, 1.807) is 7.05 Å². The highest BCUT2D eigenvalue weighted by Gasteiger charge is 2.22. The summed E-state index contributed by atoms with van der Waals surface area (Å²) in [5.74, 6) is -1.17. The average molecular weight is 275 g/mol. The van der Waals surface area contributed by atoms with E-state index in [-0.39, 0.29) is 16.3 Å². The third-order valence-corrected chi connectivity index (χ3v) is 2.80. The van der Waals surface area contributed by atoms with Gasteiger partial charge in [-0.1, -0.05) is 11.6 Å². The average Bonchev–Trinajstić information content (AvgIpc) is 2.35. The van der Waals surface area contributed by atoms with Gasteiger partial charge in [0, 0.05) is 11.8 Å². The highest BCUT2D eigenvalue weighted by Crippen LogP contribution is 2.25. The molecule has 0 bridgehead atoms. The van der Waals surface area contributed by atoms with Crippen LogP contribution in [0.25, 0.3) is 0 Å². The van der Waals surface area contributed by atoms with Crippen molar-refractivity contribution < 1.29 is 20.1 Å². The second-order valence-corrected chi connectivity index (χ2v) is 4.17. The van der Waals surface area contributed by atoms with Gasteiger partial charge in [0.1, 0.15) is 11.3 Å². The number of hydrogen-bond acceptors (Lipinski definition) is 5. The molecule has 0 aromatic carbocycles. The number of nitrogens with one attached hydrogen (secondary N) is 1. The number of carbonyl (C=O) groups is 1. The third kappa shape index (κ3) is 3.64. The van der Waals surface area contributed by atoms with Crippen LogP contribution in [0.1, 0.15) is 28.4 Å². The topological polar surface area (TPSA) is 103 Å². The van der Waals surface area contributed by atoms with Gasteiger partial charge in [-0.2, -0.15) is 0 Å². The fourth-order valence-electron chi connectivity index (χ4n) is 1.45. The summed E-state index contributed by atoms with van der Waals surface area (Å²) in [5, 5.41) is 31.3. The first kappa shape index (κ1) is 14.8. The molecule has 18 heavy (non-hydrogen) atoms. The second-order valence-electron chi connectivity index (χ2n) is 3.81. The van der Waals surface area contributed by atoms with Crippen molar-refractivity contribution in [2.24, 2.45) is 0 Å². The maximum absolute atomic E-state index is 10.8. The highest BCUT2D eigenvalue weighted by molar-refractivity contribution is 6.30. The van der Waals surface area contributed by atoms with Gasteiger partial charge in [-0.3, -0.25) is 0 Å². The van der Waals surface area contributed by atoms with Gasteiger partial charge >= 0.3 is 5.97 Å². The maximum atomic E-state index is 10.8. The molecule has 2 unspecified atom stereocenters. The third-order valence-electron chi connectivity index (χ3n) is 2.49. The molecule has 0 amide bonds. The second kappa shape index (κ2) is 6.65. The number of aromatic nitrogens is 1. The Morgan fingerprint density at radius 3 is 2.78 bits per heavy atom. The summed E-state index contributed by atoms with van der Waals surface area (Å²) >= 11 is 5.78. The van der Waals surface area contributed by atoms with Crippen molar-refractivity contribution in [1.82, 2.24) is 10.3 Å². The molecule has 1 rings (SSSR count). The van der Waals surface area contributed by atoms with Crippen LogP contribution in [0.2, 0.25) is 5.15 Å². The molecule has 0 aliphatic rings. The first-order chi connectivity index (χ1) is 8.47. The largest absolute Gasteiger partial charge is 0.478 e. The standard InChI is InChI=1S/C11H15ClN2O4/c1-13-3-2-8(15)9(16)7-4-6(11(17)18)5-14-10(7)12/h4-5,8-9,13,15-16H,2-3H2,1H3,(H,17,18). The number of aliphatic hydroxyl groups is 2. The monoisotopic (exact) mass is 274 g/mol. The van der Waals surface area contributed by atoms with E-state index >= 15 is 0 Å². The number of aliphatic hydroxyl groups excluding tert-OH is 2. The van der Waals surface area contributed by atoms with Crippen molar-refractivity contribution in [2.45, 2.75) is 18.6 Å². The van der Waals surface area contributed by atoms with Gasteiger partial charge in [0.15, 0.2) is 0 Å². The number of hydrogen-bond donors (Lipinski definition) is 4. The lowest BCUT2D eigenvalue weighted by Crippen LogP contribution is -2.24.